The lowest BCUT2D eigenvalue weighted by atomic mass is 10.0. The second kappa shape index (κ2) is 8.89. The fourth-order valence-electron chi connectivity index (χ4n) is 3.44. The molecule has 0 saturated carbocycles. The number of fused-ring (bicyclic) bond motifs is 1. The molecule has 0 saturated heterocycles. The van der Waals surface area contributed by atoms with E-state index in [4.69, 9.17) is 4.42 Å². The van der Waals surface area contributed by atoms with Gasteiger partial charge in [-0.25, -0.2) is 4.99 Å². The molecule has 162 valence electrons. The van der Waals surface area contributed by atoms with Crippen LogP contribution in [0.4, 0.5) is 5.69 Å². The minimum absolute atomic E-state index is 0.301. The van der Waals surface area contributed by atoms with E-state index in [9.17, 15) is 14.4 Å². The van der Waals surface area contributed by atoms with Crippen LogP contribution >= 0.6 is 0 Å². The number of para-hydroxylation sites is 1. The molecule has 8 heteroatoms. The second-order valence-electron chi connectivity index (χ2n) is 7.38. The number of furan rings is 1. The summed E-state index contributed by atoms with van der Waals surface area (Å²) in [4.78, 5) is 44.3. The van der Waals surface area contributed by atoms with Crippen LogP contribution in [-0.4, -0.2) is 42.7 Å². The highest BCUT2D eigenvalue weighted by Crippen LogP contribution is 2.27. The first kappa shape index (κ1) is 21.0. The third-order valence-electron chi connectivity index (χ3n) is 5.19. The number of nitrogens with one attached hydrogen (secondary N) is 2. The molecule has 0 spiro atoms. The van der Waals surface area contributed by atoms with Crippen molar-refractivity contribution < 1.29 is 18.8 Å². The third kappa shape index (κ3) is 4.15. The summed E-state index contributed by atoms with van der Waals surface area (Å²) >= 11 is 0. The van der Waals surface area contributed by atoms with Crippen molar-refractivity contribution in [2.75, 3.05) is 11.9 Å². The van der Waals surface area contributed by atoms with Gasteiger partial charge in [0.15, 0.2) is 0 Å². The number of benzene rings is 2. The average molecular weight is 430 g/mol. The quantitative estimate of drug-likeness (QED) is 0.648. The van der Waals surface area contributed by atoms with Gasteiger partial charge in [-0.1, -0.05) is 48.5 Å². The predicted octanol–water partition coefficient (Wildman–Crippen LogP) is 2.35. The van der Waals surface area contributed by atoms with Crippen molar-refractivity contribution >= 4 is 29.1 Å². The van der Waals surface area contributed by atoms with Crippen molar-refractivity contribution in [3.8, 4) is 0 Å². The molecule has 3 amide bonds. The molecular formula is C24H22N4O4. The molecule has 2 aromatic carbocycles. The summed E-state index contributed by atoms with van der Waals surface area (Å²) < 4.78 is 4.89. The molecule has 2 N–H and O–H groups in total. The Bertz CT molecular complexity index is 1170. The summed E-state index contributed by atoms with van der Waals surface area (Å²) in [5, 5.41) is 5.26. The van der Waals surface area contributed by atoms with Crippen LogP contribution in [-0.2, 0) is 9.59 Å². The highest BCUT2D eigenvalue weighted by molar-refractivity contribution is 6.20. The van der Waals surface area contributed by atoms with E-state index in [-0.39, 0.29) is 5.91 Å². The van der Waals surface area contributed by atoms with E-state index in [2.05, 4.69) is 15.6 Å². The maximum absolute atomic E-state index is 13.2. The molecule has 1 aromatic heterocycles. The number of benzodiazepines with no additional fused rings is 1. The van der Waals surface area contributed by atoms with Crippen LogP contribution in [0.3, 0.4) is 0 Å². The summed E-state index contributed by atoms with van der Waals surface area (Å²) in [6.07, 6.45) is 1.51. The highest BCUT2D eigenvalue weighted by atomic mass is 16.3. The number of amides is 3. The molecule has 2 atom stereocenters. The number of carbonyl (C=O) groups is 3. The number of hydrogen-bond donors (Lipinski definition) is 2. The third-order valence-corrected chi connectivity index (χ3v) is 5.19. The van der Waals surface area contributed by atoms with E-state index in [1.54, 1.807) is 7.05 Å². The van der Waals surface area contributed by atoms with E-state index < -0.39 is 24.0 Å². The molecule has 0 bridgehead atoms. The van der Waals surface area contributed by atoms with Crippen LogP contribution in [0.5, 0.6) is 0 Å². The Morgan fingerprint density at radius 1 is 1.06 bits per heavy atom. The Hall–Kier alpha value is -4.20. The van der Waals surface area contributed by atoms with Crippen LogP contribution in [0.2, 0.25) is 0 Å². The zero-order valence-electron chi connectivity index (χ0n) is 17.6. The number of carbonyl (C=O) groups excluding carboxylic acids is 3. The highest BCUT2D eigenvalue weighted by Gasteiger charge is 2.32. The van der Waals surface area contributed by atoms with E-state index in [0.717, 1.165) is 11.1 Å². The zero-order valence-corrected chi connectivity index (χ0v) is 17.6. The van der Waals surface area contributed by atoms with Crippen LogP contribution < -0.4 is 15.5 Å². The number of hydrogen-bond acceptors (Lipinski definition) is 5. The maximum atomic E-state index is 13.2. The Morgan fingerprint density at radius 2 is 1.78 bits per heavy atom. The summed E-state index contributed by atoms with van der Waals surface area (Å²) in [5.41, 5.74) is 3.20. The maximum Gasteiger partial charge on any atom is 0.272 e. The van der Waals surface area contributed by atoms with Crippen LogP contribution in [0.25, 0.3) is 0 Å². The number of nitrogens with zero attached hydrogens (tertiary/aromatic N) is 2. The van der Waals surface area contributed by atoms with Gasteiger partial charge in [0.25, 0.3) is 11.8 Å². The van der Waals surface area contributed by atoms with E-state index >= 15 is 0 Å². The van der Waals surface area contributed by atoms with Gasteiger partial charge in [0, 0.05) is 18.2 Å². The monoisotopic (exact) mass is 430 g/mol. The molecule has 1 aliphatic rings. The SMILES string of the molecule is C[C@H](NC(=O)c1ccoc1)C(=O)N[C@H]1N=C(c2ccccc2)c2ccccc2N(C)C1=O. The van der Waals surface area contributed by atoms with Crippen molar-refractivity contribution in [2.45, 2.75) is 19.1 Å². The van der Waals surface area contributed by atoms with E-state index in [1.807, 2.05) is 54.6 Å². The lowest BCUT2D eigenvalue weighted by Gasteiger charge is -2.22. The predicted molar refractivity (Wildman–Crippen MR) is 119 cm³/mol. The fourth-order valence-corrected chi connectivity index (χ4v) is 3.44. The van der Waals surface area contributed by atoms with E-state index in [0.29, 0.717) is 17.0 Å². The Kier molecular flexibility index (Phi) is 5.85. The molecule has 8 nitrogen and oxygen atoms in total. The first-order valence-electron chi connectivity index (χ1n) is 10.1. The van der Waals surface area contributed by atoms with Gasteiger partial charge >= 0.3 is 0 Å². The van der Waals surface area contributed by atoms with Gasteiger partial charge in [0.1, 0.15) is 12.3 Å². The van der Waals surface area contributed by atoms with Crippen LogP contribution in [0, 0.1) is 0 Å². The number of aliphatic imine (C=N–C) groups is 1. The molecule has 2 heterocycles. The largest absolute Gasteiger partial charge is 0.472 e. The smallest absolute Gasteiger partial charge is 0.272 e. The average Bonchev–Trinajstić information content (AvgIpc) is 3.33. The molecule has 4 rings (SSSR count). The lowest BCUT2D eigenvalue weighted by Crippen LogP contribution is -2.52. The first-order chi connectivity index (χ1) is 15.5. The van der Waals surface area contributed by atoms with Gasteiger partial charge in [-0.15, -0.1) is 0 Å². The van der Waals surface area contributed by atoms with Crippen molar-refractivity contribution in [3.05, 3.63) is 89.9 Å². The van der Waals surface area contributed by atoms with Gasteiger partial charge < -0.3 is 20.0 Å². The van der Waals surface area contributed by atoms with Gasteiger partial charge in [-0.3, -0.25) is 14.4 Å². The summed E-state index contributed by atoms with van der Waals surface area (Å²) in [6.45, 7) is 1.54. The Balaban J connectivity index is 1.62. The minimum atomic E-state index is -1.15. The van der Waals surface area contributed by atoms with Gasteiger partial charge in [0.2, 0.25) is 12.1 Å². The Morgan fingerprint density at radius 3 is 2.50 bits per heavy atom. The zero-order chi connectivity index (χ0) is 22.7. The molecular weight excluding hydrogens is 408 g/mol. The molecule has 0 fully saturated rings. The minimum Gasteiger partial charge on any atom is -0.472 e. The molecule has 1 aliphatic heterocycles. The molecule has 3 aromatic rings. The first-order valence-corrected chi connectivity index (χ1v) is 10.1. The molecule has 0 unspecified atom stereocenters. The number of rotatable bonds is 5. The summed E-state index contributed by atoms with van der Waals surface area (Å²) in [7, 11) is 1.65. The van der Waals surface area contributed by atoms with Crippen molar-refractivity contribution in [1.29, 1.82) is 0 Å². The summed E-state index contributed by atoms with van der Waals surface area (Å²) in [5.74, 6) is -1.37. The second-order valence-corrected chi connectivity index (χ2v) is 7.38. The standard InChI is InChI=1S/C24H22N4O4/c1-15(25-23(30)17-12-13-32-14-17)22(29)27-21-24(31)28(2)19-11-7-6-10-18(19)20(26-21)16-8-4-3-5-9-16/h3-15,21H,1-2H3,(H,25,30)(H,27,29)/t15-,21+/m0/s1. The molecule has 32 heavy (non-hydrogen) atoms. The molecule has 0 radical (unpaired) electrons. The fraction of sp³-hybridized carbons (Fsp3) is 0.167. The molecule has 0 aliphatic carbocycles. The van der Waals surface area contributed by atoms with E-state index in [1.165, 1.54) is 30.4 Å². The van der Waals surface area contributed by atoms with Crippen LogP contribution in [0.15, 0.2) is 82.6 Å². The van der Waals surface area contributed by atoms with Crippen molar-refractivity contribution in [3.63, 3.8) is 0 Å². The van der Waals surface area contributed by atoms with Gasteiger partial charge in [0.05, 0.1) is 23.2 Å². The number of likely N-dealkylation sites (N-methyl/N-ethyl adjacent to an activating group) is 1. The number of anilines is 1. The lowest BCUT2D eigenvalue weighted by molar-refractivity contribution is -0.128. The van der Waals surface area contributed by atoms with Gasteiger partial charge in [-0.05, 0) is 19.1 Å². The van der Waals surface area contributed by atoms with Crippen molar-refractivity contribution in [2.24, 2.45) is 4.99 Å². The van der Waals surface area contributed by atoms with Gasteiger partial charge in [-0.2, -0.15) is 0 Å². The normalized spacial score (nSPS) is 16.4. The Labute approximate surface area is 184 Å². The van der Waals surface area contributed by atoms with Crippen LogP contribution in [0.1, 0.15) is 28.4 Å². The van der Waals surface area contributed by atoms with Crippen molar-refractivity contribution in [1.82, 2.24) is 10.6 Å². The summed E-state index contributed by atoms with van der Waals surface area (Å²) in [6, 6.07) is 17.5. The topological polar surface area (TPSA) is 104 Å².